The molecule has 218 valence electrons. The Morgan fingerprint density at radius 1 is 0.524 bits per heavy atom. The van der Waals surface area contributed by atoms with Crippen LogP contribution in [0.1, 0.15) is 58.5 Å². The minimum absolute atomic E-state index is 0.0922. The largest absolute Gasteiger partial charge is 0.494 e. The number of carbonyl (C=O) groups is 2. The third kappa shape index (κ3) is 8.96. The highest BCUT2D eigenvalue weighted by molar-refractivity contribution is 5.95. The van der Waals surface area contributed by atoms with Gasteiger partial charge in [-0.3, -0.25) is 9.59 Å². The van der Waals surface area contributed by atoms with Crippen molar-refractivity contribution in [1.82, 2.24) is 9.80 Å². The summed E-state index contributed by atoms with van der Waals surface area (Å²) in [6.07, 6.45) is 1.83. The van der Waals surface area contributed by atoms with Gasteiger partial charge in [0.15, 0.2) is 0 Å². The van der Waals surface area contributed by atoms with Crippen LogP contribution in [0, 0.1) is 0 Å². The zero-order valence-corrected chi connectivity index (χ0v) is 24.6. The predicted octanol–water partition coefficient (Wildman–Crippen LogP) is 7.25. The number of nitrogens with zero attached hydrogens (tertiary/aromatic N) is 2. The van der Waals surface area contributed by atoms with E-state index in [-0.39, 0.29) is 11.8 Å². The first-order valence-electron chi connectivity index (χ1n) is 14.7. The van der Waals surface area contributed by atoms with Crippen LogP contribution in [0.5, 0.6) is 11.5 Å². The smallest absolute Gasteiger partial charge is 0.254 e. The molecular weight excluding hydrogens is 524 g/mol. The fraction of sp³-hybridized carbons (Fsp3) is 0.278. The van der Waals surface area contributed by atoms with Crippen LogP contribution >= 0.6 is 0 Å². The highest BCUT2D eigenvalue weighted by atomic mass is 16.5. The molecule has 0 aromatic heterocycles. The summed E-state index contributed by atoms with van der Waals surface area (Å²) in [5.74, 6) is 1.30. The van der Waals surface area contributed by atoms with E-state index in [4.69, 9.17) is 9.47 Å². The lowest BCUT2D eigenvalue weighted by Crippen LogP contribution is -2.40. The number of ether oxygens (including phenoxy) is 2. The third-order valence-electron chi connectivity index (χ3n) is 6.80. The fourth-order valence-corrected chi connectivity index (χ4v) is 4.55. The molecule has 0 fully saturated rings. The Morgan fingerprint density at radius 2 is 0.881 bits per heavy atom. The van der Waals surface area contributed by atoms with E-state index in [0.717, 1.165) is 35.5 Å². The molecule has 0 spiro atoms. The number of benzene rings is 4. The molecule has 0 heterocycles. The van der Waals surface area contributed by atoms with Gasteiger partial charge in [0, 0.05) is 37.3 Å². The fourth-order valence-electron chi connectivity index (χ4n) is 4.55. The Hall–Kier alpha value is -4.58. The van der Waals surface area contributed by atoms with E-state index in [0.29, 0.717) is 50.5 Å². The molecule has 42 heavy (non-hydrogen) atoms. The molecule has 0 unspecified atom stereocenters. The molecule has 2 amide bonds. The van der Waals surface area contributed by atoms with Crippen molar-refractivity contribution < 1.29 is 19.1 Å². The van der Waals surface area contributed by atoms with Crippen molar-refractivity contribution in [2.24, 2.45) is 0 Å². The van der Waals surface area contributed by atoms with E-state index in [1.54, 1.807) is 24.3 Å². The van der Waals surface area contributed by atoms with Gasteiger partial charge in [-0.25, -0.2) is 0 Å². The zero-order chi connectivity index (χ0) is 29.6. The van der Waals surface area contributed by atoms with Crippen molar-refractivity contribution >= 4 is 11.8 Å². The summed E-state index contributed by atoms with van der Waals surface area (Å²) in [4.78, 5) is 31.2. The lowest BCUT2D eigenvalue weighted by atomic mass is 10.1. The lowest BCUT2D eigenvalue weighted by Gasteiger charge is -2.29. The van der Waals surface area contributed by atoms with Crippen molar-refractivity contribution in [3.05, 3.63) is 131 Å². The highest BCUT2D eigenvalue weighted by Crippen LogP contribution is 2.18. The van der Waals surface area contributed by atoms with Gasteiger partial charge in [0.05, 0.1) is 13.2 Å². The molecular formula is C36H40N2O4. The van der Waals surface area contributed by atoms with Crippen LogP contribution in [0.4, 0.5) is 0 Å². The SMILES string of the molecule is CCCOc1ccc(C(=O)N(CCN(Cc2ccccc2)C(=O)c2ccc(OCCC)cc2)Cc2ccccc2)cc1. The van der Waals surface area contributed by atoms with E-state index in [1.807, 2.05) is 94.7 Å². The van der Waals surface area contributed by atoms with Gasteiger partial charge in [-0.1, -0.05) is 74.5 Å². The maximum Gasteiger partial charge on any atom is 0.254 e. The first-order valence-corrected chi connectivity index (χ1v) is 14.7. The molecule has 4 rings (SSSR count). The van der Waals surface area contributed by atoms with Crippen LogP contribution < -0.4 is 9.47 Å². The summed E-state index contributed by atoms with van der Waals surface area (Å²) < 4.78 is 11.4. The second-order valence-electron chi connectivity index (χ2n) is 10.2. The quantitative estimate of drug-likeness (QED) is 0.153. The van der Waals surface area contributed by atoms with Gasteiger partial charge < -0.3 is 19.3 Å². The topological polar surface area (TPSA) is 59.1 Å². The first kappa shape index (κ1) is 30.4. The number of hydrogen-bond donors (Lipinski definition) is 0. The van der Waals surface area contributed by atoms with Crippen molar-refractivity contribution in [2.45, 2.75) is 39.8 Å². The molecule has 0 bridgehead atoms. The summed E-state index contributed by atoms with van der Waals surface area (Å²) in [7, 11) is 0. The summed E-state index contributed by atoms with van der Waals surface area (Å²) >= 11 is 0. The summed E-state index contributed by atoms with van der Waals surface area (Å²) in [5.41, 5.74) is 3.21. The minimum atomic E-state index is -0.0922. The molecule has 0 aliphatic heterocycles. The minimum Gasteiger partial charge on any atom is -0.494 e. The summed E-state index contributed by atoms with van der Waals surface area (Å²) in [6.45, 7) is 7.00. The Kier molecular flexibility index (Phi) is 11.6. The summed E-state index contributed by atoms with van der Waals surface area (Å²) in [5, 5.41) is 0. The van der Waals surface area contributed by atoms with Gasteiger partial charge in [0.2, 0.25) is 0 Å². The molecule has 6 nitrogen and oxygen atoms in total. The second kappa shape index (κ2) is 16.0. The average molecular weight is 565 g/mol. The molecule has 4 aromatic carbocycles. The maximum atomic E-state index is 13.8. The van der Waals surface area contributed by atoms with Crippen LogP contribution in [0.25, 0.3) is 0 Å². The molecule has 6 heteroatoms. The van der Waals surface area contributed by atoms with Crippen molar-refractivity contribution in [3.8, 4) is 11.5 Å². The third-order valence-corrected chi connectivity index (χ3v) is 6.80. The molecule has 0 radical (unpaired) electrons. The molecule has 0 saturated carbocycles. The molecule has 0 aliphatic rings. The second-order valence-corrected chi connectivity index (χ2v) is 10.2. The molecule has 4 aromatic rings. The van der Waals surface area contributed by atoms with Crippen LogP contribution in [0.15, 0.2) is 109 Å². The first-order chi connectivity index (χ1) is 20.6. The van der Waals surface area contributed by atoms with Crippen LogP contribution in [-0.4, -0.2) is 47.9 Å². The van der Waals surface area contributed by atoms with Crippen molar-refractivity contribution in [3.63, 3.8) is 0 Å². The normalized spacial score (nSPS) is 10.6. The standard InChI is InChI=1S/C36H40N2O4/c1-3-25-41-33-19-15-31(16-20-33)35(39)37(27-29-11-7-5-8-12-29)23-24-38(28-30-13-9-6-10-14-30)36(40)32-17-21-34(22-18-32)42-26-4-2/h5-22H,3-4,23-28H2,1-2H3. The van der Waals surface area contributed by atoms with E-state index >= 15 is 0 Å². The zero-order valence-electron chi connectivity index (χ0n) is 24.6. The molecule has 0 aliphatic carbocycles. The molecule has 0 saturated heterocycles. The van der Waals surface area contributed by atoms with Crippen LogP contribution in [0.3, 0.4) is 0 Å². The Balaban J connectivity index is 1.55. The van der Waals surface area contributed by atoms with Gasteiger partial charge in [-0.2, -0.15) is 0 Å². The van der Waals surface area contributed by atoms with Gasteiger partial charge in [-0.05, 0) is 72.5 Å². The van der Waals surface area contributed by atoms with Gasteiger partial charge in [-0.15, -0.1) is 0 Å². The van der Waals surface area contributed by atoms with Gasteiger partial charge in [0.25, 0.3) is 11.8 Å². The molecule has 0 N–H and O–H groups in total. The van der Waals surface area contributed by atoms with Crippen molar-refractivity contribution in [1.29, 1.82) is 0 Å². The van der Waals surface area contributed by atoms with Crippen molar-refractivity contribution in [2.75, 3.05) is 26.3 Å². The number of carbonyl (C=O) groups excluding carboxylic acids is 2. The van der Waals surface area contributed by atoms with E-state index in [9.17, 15) is 9.59 Å². The molecule has 0 atom stereocenters. The Bertz CT molecular complexity index is 1260. The number of amides is 2. The Labute approximate surface area is 249 Å². The van der Waals surface area contributed by atoms with Crippen LogP contribution in [0.2, 0.25) is 0 Å². The van der Waals surface area contributed by atoms with E-state index in [2.05, 4.69) is 13.8 Å². The number of rotatable bonds is 15. The average Bonchev–Trinajstić information content (AvgIpc) is 3.05. The van der Waals surface area contributed by atoms with Gasteiger partial charge >= 0.3 is 0 Å². The predicted molar refractivity (Wildman–Crippen MR) is 167 cm³/mol. The monoisotopic (exact) mass is 564 g/mol. The van der Waals surface area contributed by atoms with E-state index < -0.39 is 0 Å². The van der Waals surface area contributed by atoms with E-state index in [1.165, 1.54) is 0 Å². The Morgan fingerprint density at radius 3 is 1.21 bits per heavy atom. The number of hydrogen-bond acceptors (Lipinski definition) is 4. The highest BCUT2D eigenvalue weighted by Gasteiger charge is 2.21. The van der Waals surface area contributed by atoms with Gasteiger partial charge in [0.1, 0.15) is 11.5 Å². The van der Waals surface area contributed by atoms with Crippen LogP contribution in [-0.2, 0) is 13.1 Å². The summed E-state index contributed by atoms with van der Waals surface area (Å²) in [6, 6.07) is 34.4. The lowest BCUT2D eigenvalue weighted by molar-refractivity contribution is 0.0644. The maximum absolute atomic E-state index is 13.8.